The molecule has 0 radical (unpaired) electrons. The van der Waals surface area contributed by atoms with Gasteiger partial charge in [-0.05, 0) is 157 Å². The monoisotopic (exact) mass is 621 g/mol. The highest BCUT2D eigenvalue weighted by Gasteiger charge is 2.30. The van der Waals surface area contributed by atoms with Gasteiger partial charge in [-0.3, -0.25) is 0 Å². The molecular weight excluding hydrogens is 590 g/mol. The molecule has 0 unspecified atom stereocenters. The number of nitrogens with zero attached hydrogens (tertiary/aromatic N) is 1. The summed E-state index contributed by atoms with van der Waals surface area (Å²) in [5.74, 6) is -1.60. The third-order valence-electron chi connectivity index (χ3n) is 8.51. The van der Waals surface area contributed by atoms with Crippen molar-refractivity contribution >= 4 is 39.5 Å². The van der Waals surface area contributed by atoms with Crippen LogP contribution in [0.1, 0.15) is 93.1 Å². The average molecular weight is 623 g/mol. The van der Waals surface area contributed by atoms with Crippen molar-refractivity contribution in [2.75, 3.05) is 0 Å². The summed E-state index contributed by atoms with van der Waals surface area (Å²) in [7, 11) is 0. The molecule has 3 aromatic rings. The van der Waals surface area contributed by atoms with Crippen LogP contribution in [0, 0.1) is 60.3 Å². The fourth-order valence-corrected chi connectivity index (χ4v) is 6.27. The Bertz CT molecular complexity index is 1690. The second-order valence-electron chi connectivity index (χ2n) is 10.7. The van der Waals surface area contributed by atoms with Crippen LogP contribution in [0.2, 0.25) is 0 Å². The molecule has 214 valence electrons. The maximum atomic E-state index is 13.6. The number of hydrogen-bond donors (Lipinski definition) is 1. The number of carboxylic acids is 1. The number of carboxylic acid groups (broad SMARTS) is 1. The molecule has 0 saturated heterocycles. The van der Waals surface area contributed by atoms with Crippen LogP contribution in [0.4, 0.5) is 5.69 Å². The number of halogens is 1. The van der Waals surface area contributed by atoms with Crippen molar-refractivity contribution in [3.63, 3.8) is 0 Å². The van der Waals surface area contributed by atoms with Gasteiger partial charge in [0.15, 0.2) is 0 Å². The molecule has 41 heavy (non-hydrogen) atoms. The van der Waals surface area contributed by atoms with Crippen molar-refractivity contribution in [1.82, 2.24) is 0 Å². The van der Waals surface area contributed by atoms with Gasteiger partial charge < -0.3 is 14.6 Å². The molecule has 0 bridgehead atoms. The Morgan fingerprint density at radius 2 is 1.29 bits per heavy atom. The van der Waals surface area contributed by atoms with Crippen LogP contribution in [0.5, 0.6) is 11.5 Å². The van der Waals surface area contributed by atoms with E-state index in [1.807, 2.05) is 13.8 Å². The number of carbonyl (C=O) groups excluding carboxylic acids is 2. The Kier molecular flexibility index (Phi) is 8.23. The number of ether oxygens (including phenoxy) is 2. The van der Waals surface area contributed by atoms with E-state index in [0.717, 1.165) is 28.7 Å². The van der Waals surface area contributed by atoms with Gasteiger partial charge in [0.25, 0.3) is 0 Å². The van der Waals surface area contributed by atoms with Crippen LogP contribution in [0.15, 0.2) is 15.7 Å². The summed E-state index contributed by atoms with van der Waals surface area (Å²) in [5.41, 5.74) is 7.36. The van der Waals surface area contributed by atoms with Crippen LogP contribution in [0.25, 0.3) is 0 Å². The molecule has 1 N–H and O–H groups in total. The quantitative estimate of drug-likeness (QED) is 0.168. The van der Waals surface area contributed by atoms with Gasteiger partial charge >= 0.3 is 17.9 Å². The number of rotatable bonds is 6. The lowest BCUT2D eigenvalue weighted by Gasteiger charge is -2.20. The zero-order valence-corrected chi connectivity index (χ0v) is 26.0. The Morgan fingerprint density at radius 1 is 0.732 bits per heavy atom. The number of aryl methyl sites for hydroxylation is 1. The number of hydrogen-bond acceptors (Lipinski definition) is 7. The molecule has 3 aromatic carbocycles. The Labute approximate surface area is 247 Å². The maximum absolute atomic E-state index is 13.6. The van der Waals surface area contributed by atoms with Gasteiger partial charge in [0, 0.05) is 0 Å². The van der Waals surface area contributed by atoms with E-state index in [4.69, 9.17) is 9.47 Å². The average Bonchev–Trinajstić information content (AvgIpc) is 3.39. The van der Waals surface area contributed by atoms with Crippen molar-refractivity contribution in [3.8, 4) is 11.5 Å². The summed E-state index contributed by atoms with van der Waals surface area (Å²) in [6.07, 6.45) is 2.05. The normalized spacial score (nSPS) is 12.2. The molecule has 0 atom stereocenters. The van der Waals surface area contributed by atoms with Crippen LogP contribution in [0.3, 0.4) is 0 Å². The number of nitroso groups, excluding NO2 is 1. The molecule has 1 aliphatic rings. The maximum Gasteiger partial charge on any atom is 0.346 e. The fraction of sp³-hybridized carbons (Fsp3) is 0.344. The predicted molar refractivity (Wildman–Crippen MR) is 159 cm³/mol. The van der Waals surface area contributed by atoms with E-state index in [1.165, 1.54) is 0 Å². The van der Waals surface area contributed by atoms with Crippen LogP contribution in [-0.2, 0) is 12.8 Å². The van der Waals surface area contributed by atoms with Crippen molar-refractivity contribution in [1.29, 1.82) is 0 Å². The molecule has 0 spiro atoms. The van der Waals surface area contributed by atoms with Gasteiger partial charge in [-0.1, -0.05) is 0 Å². The van der Waals surface area contributed by atoms with Gasteiger partial charge in [0.1, 0.15) is 17.2 Å². The second-order valence-corrected chi connectivity index (χ2v) is 11.5. The lowest BCUT2D eigenvalue weighted by atomic mass is 9.92. The molecule has 4 rings (SSSR count). The number of carbonyl (C=O) groups is 3. The molecule has 0 saturated carbocycles. The van der Waals surface area contributed by atoms with Crippen LogP contribution in [-0.4, -0.2) is 23.0 Å². The summed E-state index contributed by atoms with van der Waals surface area (Å²) in [5, 5.41) is 12.9. The van der Waals surface area contributed by atoms with Crippen LogP contribution >= 0.6 is 15.9 Å². The SMILES string of the molecule is Cc1cc(OC(=O)c2c(C)c(C)c(C)c(Br)c2N=O)c(C)c(C)c1C(=O)Oc1c(C)c(C)c(C(=O)O)c2c1CCC2. The van der Waals surface area contributed by atoms with Crippen molar-refractivity contribution in [2.45, 2.75) is 74.7 Å². The number of benzene rings is 3. The Hall–Kier alpha value is -3.85. The zero-order chi connectivity index (χ0) is 30.5. The van der Waals surface area contributed by atoms with Gasteiger partial charge in [-0.15, -0.1) is 4.91 Å². The highest BCUT2D eigenvalue weighted by Crippen LogP contribution is 2.41. The zero-order valence-electron chi connectivity index (χ0n) is 24.4. The predicted octanol–water partition coefficient (Wildman–Crippen LogP) is 7.94. The van der Waals surface area contributed by atoms with E-state index in [2.05, 4.69) is 21.1 Å². The minimum absolute atomic E-state index is 0.0194. The molecule has 0 aromatic heterocycles. The van der Waals surface area contributed by atoms with Gasteiger partial charge in [0.2, 0.25) is 0 Å². The Morgan fingerprint density at radius 3 is 1.90 bits per heavy atom. The summed E-state index contributed by atoms with van der Waals surface area (Å²) in [4.78, 5) is 50.5. The summed E-state index contributed by atoms with van der Waals surface area (Å²) in [6, 6.07) is 1.60. The van der Waals surface area contributed by atoms with Crippen molar-refractivity contribution in [2.24, 2.45) is 5.18 Å². The van der Waals surface area contributed by atoms with Gasteiger partial charge in [-0.25, -0.2) is 14.4 Å². The van der Waals surface area contributed by atoms with E-state index in [-0.39, 0.29) is 17.0 Å². The topological polar surface area (TPSA) is 119 Å². The number of esters is 2. The number of fused-ring (bicyclic) bond motifs is 1. The minimum Gasteiger partial charge on any atom is -0.478 e. The molecular formula is C32H32BrNO7. The van der Waals surface area contributed by atoms with Gasteiger partial charge in [0.05, 0.1) is 21.2 Å². The second kappa shape index (κ2) is 11.2. The highest BCUT2D eigenvalue weighted by molar-refractivity contribution is 9.10. The van der Waals surface area contributed by atoms with Crippen LogP contribution < -0.4 is 9.47 Å². The number of aromatic carboxylic acids is 1. The van der Waals surface area contributed by atoms with Crippen molar-refractivity contribution in [3.05, 3.63) is 87.8 Å². The van der Waals surface area contributed by atoms with E-state index in [0.29, 0.717) is 67.6 Å². The van der Waals surface area contributed by atoms with E-state index in [9.17, 15) is 24.4 Å². The summed E-state index contributed by atoms with van der Waals surface area (Å²) < 4.78 is 12.2. The highest BCUT2D eigenvalue weighted by atomic mass is 79.9. The molecule has 8 nitrogen and oxygen atoms in total. The van der Waals surface area contributed by atoms with E-state index in [1.54, 1.807) is 47.6 Å². The first kappa shape index (κ1) is 30.1. The molecule has 1 aliphatic carbocycles. The first-order valence-corrected chi connectivity index (χ1v) is 14.1. The lowest BCUT2D eigenvalue weighted by Crippen LogP contribution is -2.18. The lowest BCUT2D eigenvalue weighted by molar-refractivity contribution is 0.0692. The van der Waals surface area contributed by atoms with E-state index >= 15 is 0 Å². The third kappa shape index (κ3) is 4.96. The minimum atomic E-state index is -0.978. The molecule has 0 amide bonds. The largest absolute Gasteiger partial charge is 0.478 e. The summed E-state index contributed by atoms with van der Waals surface area (Å²) >= 11 is 3.38. The first-order chi connectivity index (χ1) is 19.2. The first-order valence-electron chi connectivity index (χ1n) is 13.3. The molecule has 0 aliphatic heterocycles. The van der Waals surface area contributed by atoms with E-state index < -0.39 is 17.9 Å². The standard InChI is InChI=1S/C32H32BrNO7/c1-13-12-23(40-32(38)26-16(4)14(2)19(7)27(33)28(26)34-39)15(3)17(5)24(13)31(37)41-29-20(8)18(6)25(30(35)36)21-10-9-11-22(21)29/h12H,9-11H2,1-8H3,(H,35,36). The molecule has 9 heteroatoms. The Balaban J connectivity index is 1.72. The van der Waals surface area contributed by atoms with Crippen molar-refractivity contribution < 1.29 is 29.0 Å². The smallest absolute Gasteiger partial charge is 0.346 e. The molecule has 0 heterocycles. The molecule has 0 fully saturated rings. The fourth-order valence-electron chi connectivity index (χ4n) is 5.70. The summed E-state index contributed by atoms with van der Waals surface area (Å²) in [6.45, 7) is 14.2. The third-order valence-corrected chi connectivity index (χ3v) is 9.48. The van der Waals surface area contributed by atoms with Gasteiger partial charge in [-0.2, -0.15) is 0 Å².